The van der Waals surface area contributed by atoms with Crippen LogP contribution in [0.15, 0.2) is 54.9 Å². The maximum absolute atomic E-state index is 12.1. The summed E-state index contributed by atoms with van der Waals surface area (Å²) in [6, 6.07) is 5.49. The molecule has 218 valence electrons. The molecule has 0 radical (unpaired) electrons. The summed E-state index contributed by atoms with van der Waals surface area (Å²) < 4.78 is 0.711. The molecule has 3 aromatic rings. The number of piperidine rings is 1. The third-order valence-corrected chi connectivity index (χ3v) is 8.32. The van der Waals surface area contributed by atoms with Crippen LogP contribution in [0.1, 0.15) is 45.1 Å². The molecule has 0 bridgehead atoms. The Morgan fingerprint density at radius 2 is 1.95 bits per heavy atom. The summed E-state index contributed by atoms with van der Waals surface area (Å²) in [7, 11) is 0. The van der Waals surface area contributed by atoms with Crippen molar-refractivity contribution in [1.82, 2.24) is 20.3 Å². The van der Waals surface area contributed by atoms with Crippen LogP contribution in [0.4, 0.5) is 15.9 Å². The normalized spacial score (nSPS) is 15.2. The maximum atomic E-state index is 12.1. The number of fused-ring (bicyclic) bond motifs is 1. The van der Waals surface area contributed by atoms with E-state index in [-0.39, 0.29) is 17.3 Å². The van der Waals surface area contributed by atoms with Crippen LogP contribution in [0.3, 0.4) is 0 Å². The number of urea groups is 1. The molecule has 0 saturated carbocycles. The summed E-state index contributed by atoms with van der Waals surface area (Å²) in [4.78, 5) is 39.9. The lowest BCUT2D eigenvalue weighted by Gasteiger charge is -2.38. The van der Waals surface area contributed by atoms with Gasteiger partial charge in [-0.15, -0.1) is 0 Å². The van der Waals surface area contributed by atoms with Crippen LogP contribution in [0, 0.1) is 16.7 Å². The molecule has 42 heavy (non-hydrogen) atoms. The minimum Gasteiger partial charge on any atom is -0.481 e. The first kappa shape index (κ1) is 30.2. The highest BCUT2D eigenvalue weighted by molar-refractivity contribution is 7.22. The number of hydrogen-bond acceptors (Lipinski definition) is 9. The number of rotatable bonds is 10. The number of amides is 2. The van der Waals surface area contributed by atoms with Gasteiger partial charge in [0.15, 0.2) is 5.13 Å². The van der Waals surface area contributed by atoms with E-state index in [1.807, 2.05) is 30.9 Å². The minimum absolute atomic E-state index is 0.260. The van der Waals surface area contributed by atoms with E-state index < -0.39 is 11.4 Å². The molecule has 0 spiro atoms. The molecule has 0 aliphatic carbocycles. The van der Waals surface area contributed by atoms with Gasteiger partial charge in [0.1, 0.15) is 6.07 Å². The van der Waals surface area contributed by atoms with Gasteiger partial charge < -0.3 is 21.1 Å². The topological polar surface area (TPSA) is 170 Å². The first-order valence-electron chi connectivity index (χ1n) is 13.7. The Balaban J connectivity index is 1.69. The van der Waals surface area contributed by atoms with E-state index in [1.54, 1.807) is 30.6 Å². The lowest BCUT2D eigenvalue weighted by atomic mass is 9.75. The van der Waals surface area contributed by atoms with Gasteiger partial charge in [-0.25, -0.2) is 19.7 Å². The third kappa shape index (κ3) is 6.42. The van der Waals surface area contributed by atoms with Crippen molar-refractivity contribution in [3.05, 3.63) is 60.5 Å². The first-order valence-corrected chi connectivity index (χ1v) is 14.6. The highest BCUT2D eigenvalue weighted by Crippen LogP contribution is 2.38. The van der Waals surface area contributed by atoms with Crippen LogP contribution in [0.2, 0.25) is 0 Å². The number of carbonyl (C=O) groups excluding carboxylic acids is 1. The zero-order valence-corrected chi connectivity index (χ0v) is 24.5. The van der Waals surface area contributed by atoms with Crippen LogP contribution in [-0.4, -0.2) is 51.7 Å². The van der Waals surface area contributed by atoms with Crippen LogP contribution in [-0.2, 0) is 4.79 Å². The van der Waals surface area contributed by atoms with Crippen molar-refractivity contribution in [2.45, 2.75) is 39.5 Å². The number of allylic oxidation sites excluding steroid dienone is 4. The largest absolute Gasteiger partial charge is 0.481 e. The van der Waals surface area contributed by atoms with Crippen molar-refractivity contribution in [3.63, 3.8) is 0 Å². The molecular weight excluding hydrogens is 552 g/mol. The van der Waals surface area contributed by atoms with E-state index in [0.29, 0.717) is 71.3 Å². The fourth-order valence-corrected chi connectivity index (χ4v) is 6.04. The number of nitrogens with two attached hydrogens (primary N) is 1. The number of nitrogens with zero attached hydrogens (tertiary/aromatic N) is 5. The third-order valence-electron chi connectivity index (χ3n) is 7.30. The molecule has 1 saturated heterocycles. The Morgan fingerprint density at radius 1 is 1.24 bits per heavy atom. The van der Waals surface area contributed by atoms with Gasteiger partial charge in [-0.3, -0.25) is 10.1 Å². The monoisotopic (exact) mass is 586 g/mol. The molecule has 12 heteroatoms. The van der Waals surface area contributed by atoms with E-state index in [4.69, 9.17) is 5.73 Å². The van der Waals surface area contributed by atoms with Gasteiger partial charge in [-0.1, -0.05) is 43.4 Å². The Kier molecular flexibility index (Phi) is 9.54. The van der Waals surface area contributed by atoms with Crippen LogP contribution in [0.5, 0.6) is 0 Å². The van der Waals surface area contributed by atoms with E-state index in [0.717, 1.165) is 12.0 Å². The van der Waals surface area contributed by atoms with Gasteiger partial charge in [0.2, 0.25) is 5.95 Å². The summed E-state index contributed by atoms with van der Waals surface area (Å²) >= 11 is 1.26. The second-order valence-electron chi connectivity index (χ2n) is 10.0. The highest BCUT2D eigenvalue weighted by Gasteiger charge is 2.41. The number of aliphatic carboxylic acids is 1. The number of nitrogens with one attached hydrogen (secondary N) is 2. The van der Waals surface area contributed by atoms with E-state index in [1.165, 1.54) is 11.3 Å². The molecule has 3 heterocycles. The van der Waals surface area contributed by atoms with Crippen molar-refractivity contribution in [2.75, 3.05) is 29.9 Å². The summed E-state index contributed by atoms with van der Waals surface area (Å²) in [6.07, 6.45) is 10.8. The lowest BCUT2D eigenvalue weighted by molar-refractivity contribution is -0.150. The van der Waals surface area contributed by atoms with Gasteiger partial charge in [-0.05, 0) is 50.0 Å². The van der Waals surface area contributed by atoms with Crippen LogP contribution >= 0.6 is 11.3 Å². The predicted molar refractivity (Wildman–Crippen MR) is 166 cm³/mol. The summed E-state index contributed by atoms with van der Waals surface area (Å²) in [6.45, 7) is 9.09. The molecule has 4 rings (SSSR count). The van der Waals surface area contributed by atoms with E-state index in [9.17, 15) is 20.0 Å². The molecule has 0 unspecified atom stereocenters. The zero-order chi connectivity index (χ0) is 30.3. The lowest BCUT2D eigenvalue weighted by Crippen LogP contribution is -2.45. The molecule has 0 atom stereocenters. The molecule has 1 fully saturated rings. The second kappa shape index (κ2) is 13.3. The first-order chi connectivity index (χ1) is 20.2. The number of thiazole rings is 1. The summed E-state index contributed by atoms with van der Waals surface area (Å²) in [5.74, 6) is -0.191. The Labute approximate surface area is 248 Å². The Bertz CT molecular complexity index is 1580. The molecular formula is C30H34N8O3S. The van der Waals surface area contributed by atoms with E-state index in [2.05, 4.69) is 38.2 Å². The molecule has 1 aromatic carbocycles. The van der Waals surface area contributed by atoms with E-state index >= 15 is 0 Å². The maximum Gasteiger partial charge on any atom is 0.321 e. The molecule has 1 aliphatic heterocycles. The van der Waals surface area contributed by atoms with Crippen molar-refractivity contribution in [3.8, 4) is 17.2 Å². The number of hydrogen-bond donors (Lipinski definition) is 4. The summed E-state index contributed by atoms with van der Waals surface area (Å²) in [5.41, 5.74) is 8.98. The quantitative estimate of drug-likeness (QED) is 0.182. The fraction of sp³-hybridized carbons (Fsp3) is 0.333. The molecule has 2 aromatic heterocycles. The second-order valence-corrected chi connectivity index (χ2v) is 11.0. The van der Waals surface area contributed by atoms with Gasteiger partial charge >= 0.3 is 12.0 Å². The van der Waals surface area contributed by atoms with Crippen molar-refractivity contribution < 1.29 is 14.7 Å². The Hall–Kier alpha value is -4.76. The molecule has 11 nitrogen and oxygen atoms in total. The average molecular weight is 587 g/mol. The standard InChI is InChI=1S/C30H34N8O3S/c1-4-7-8-19(16-31)24(32)22-14-20(15-23-25(22)42-29(36-23)37-28(41)33-6-3)21-17-34-27(35-18-21)38-12-10-30(9-5-2,11-13-38)26(39)40/h4,7-8,14-15,17-18H,1,5-6,9-13,32H2,2-3H3,(H,39,40)(H2,33,36,37,41)/b8-7-,24-19+. The van der Waals surface area contributed by atoms with Gasteiger partial charge in [0.05, 0.1) is 26.9 Å². The van der Waals surface area contributed by atoms with Crippen LogP contribution < -0.4 is 21.3 Å². The van der Waals surface area contributed by atoms with Crippen molar-refractivity contribution >= 4 is 50.3 Å². The van der Waals surface area contributed by atoms with Crippen molar-refractivity contribution in [2.24, 2.45) is 11.1 Å². The number of benzene rings is 1. The van der Waals surface area contributed by atoms with Crippen molar-refractivity contribution in [1.29, 1.82) is 5.26 Å². The van der Waals surface area contributed by atoms with Gasteiger partial charge in [0.25, 0.3) is 0 Å². The number of carbonyl (C=O) groups is 2. The zero-order valence-electron chi connectivity index (χ0n) is 23.7. The fourth-order valence-electron chi connectivity index (χ4n) is 5.07. The minimum atomic E-state index is -0.731. The Morgan fingerprint density at radius 3 is 2.55 bits per heavy atom. The summed E-state index contributed by atoms with van der Waals surface area (Å²) in [5, 5.41) is 25.4. The average Bonchev–Trinajstić information content (AvgIpc) is 3.39. The van der Waals surface area contributed by atoms with Gasteiger partial charge in [0, 0.05) is 43.2 Å². The number of aromatic nitrogens is 3. The SMILES string of the molecule is C=C/C=C\C(C#N)=C(/N)c1cc(-c2cnc(N3CCC(CCC)(C(=O)O)CC3)nc2)cc2nc(NC(=O)NCC)sc12. The predicted octanol–water partition coefficient (Wildman–Crippen LogP) is 5.30. The van der Waals surface area contributed by atoms with Gasteiger partial charge in [-0.2, -0.15) is 5.26 Å². The number of nitriles is 1. The highest BCUT2D eigenvalue weighted by atomic mass is 32.1. The molecule has 1 aliphatic rings. The molecule has 5 N–H and O–H groups in total. The smallest absolute Gasteiger partial charge is 0.321 e. The number of carboxylic acids is 1. The van der Waals surface area contributed by atoms with Crippen LogP contribution in [0.25, 0.3) is 27.0 Å². The number of anilines is 2. The number of carboxylic acid groups (broad SMARTS) is 1. The molecule has 2 amide bonds.